The Labute approximate surface area is 78.8 Å². The quantitative estimate of drug-likeness (QED) is 0.653. The van der Waals surface area contributed by atoms with Crippen molar-refractivity contribution in [3.05, 3.63) is 12.3 Å². The molecule has 0 aromatic heterocycles. The predicted molar refractivity (Wildman–Crippen MR) is 51.4 cm³/mol. The zero-order chi connectivity index (χ0) is 9.52. The van der Waals surface area contributed by atoms with E-state index < -0.39 is 5.97 Å². The summed E-state index contributed by atoms with van der Waals surface area (Å²) in [6.45, 7) is 0.920. The highest BCUT2D eigenvalue weighted by atomic mass is 16.4. The first-order valence-electron chi connectivity index (χ1n) is 4.92. The van der Waals surface area contributed by atoms with Crippen LogP contribution in [0.25, 0.3) is 0 Å². The van der Waals surface area contributed by atoms with E-state index in [4.69, 9.17) is 5.11 Å². The van der Waals surface area contributed by atoms with Crippen molar-refractivity contribution in [2.75, 3.05) is 6.54 Å². The molecule has 2 N–H and O–H groups in total. The van der Waals surface area contributed by atoms with Crippen LogP contribution in [-0.4, -0.2) is 17.6 Å². The molecule has 0 bridgehead atoms. The van der Waals surface area contributed by atoms with Crippen LogP contribution in [0.3, 0.4) is 0 Å². The topological polar surface area (TPSA) is 49.3 Å². The first kappa shape index (κ1) is 10.1. The maximum absolute atomic E-state index is 10.1. The molecule has 0 unspecified atom stereocenters. The molecule has 0 atom stereocenters. The lowest BCUT2D eigenvalue weighted by molar-refractivity contribution is -0.131. The Hall–Kier alpha value is -0.990. The van der Waals surface area contributed by atoms with Gasteiger partial charge in [0.25, 0.3) is 0 Å². The van der Waals surface area contributed by atoms with Crippen LogP contribution in [0.15, 0.2) is 12.3 Å². The molecule has 0 aromatic rings. The maximum Gasteiger partial charge on any atom is 0.329 e. The highest BCUT2D eigenvalue weighted by Crippen LogP contribution is 2.22. The lowest BCUT2D eigenvalue weighted by Gasteiger charge is -2.20. The van der Waals surface area contributed by atoms with Crippen LogP contribution in [0.4, 0.5) is 0 Å². The van der Waals surface area contributed by atoms with Gasteiger partial charge in [-0.3, -0.25) is 0 Å². The summed E-state index contributed by atoms with van der Waals surface area (Å²) in [5, 5.41) is 11.3. The van der Waals surface area contributed by atoms with E-state index in [-0.39, 0.29) is 0 Å². The van der Waals surface area contributed by atoms with Crippen molar-refractivity contribution in [2.45, 2.75) is 32.1 Å². The van der Waals surface area contributed by atoms with Gasteiger partial charge in [-0.05, 0) is 18.8 Å². The summed E-state index contributed by atoms with van der Waals surface area (Å²) in [5.74, 6) is -0.150. The Bertz CT molecular complexity index is 183. The number of hydrogen-bond donors (Lipinski definition) is 2. The van der Waals surface area contributed by atoms with Crippen molar-refractivity contribution in [1.29, 1.82) is 0 Å². The third-order valence-electron chi connectivity index (χ3n) is 2.48. The van der Waals surface area contributed by atoms with Crippen LogP contribution in [0.5, 0.6) is 0 Å². The third-order valence-corrected chi connectivity index (χ3v) is 2.48. The average Bonchev–Trinajstić information content (AvgIpc) is 2.14. The largest absolute Gasteiger partial charge is 0.478 e. The fourth-order valence-electron chi connectivity index (χ4n) is 1.76. The highest BCUT2D eigenvalue weighted by Gasteiger charge is 2.11. The Morgan fingerprint density at radius 3 is 2.69 bits per heavy atom. The summed E-state index contributed by atoms with van der Waals surface area (Å²) in [7, 11) is 0. The van der Waals surface area contributed by atoms with Crippen LogP contribution < -0.4 is 5.32 Å². The van der Waals surface area contributed by atoms with Gasteiger partial charge in [-0.2, -0.15) is 0 Å². The number of carboxylic acid groups (broad SMARTS) is 1. The lowest BCUT2D eigenvalue weighted by Crippen LogP contribution is -2.20. The van der Waals surface area contributed by atoms with Crippen molar-refractivity contribution in [2.24, 2.45) is 5.92 Å². The minimum absolute atomic E-state index is 0.743. The minimum Gasteiger partial charge on any atom is -0.478 e. The summed E-state index contributed by atoms with van der Waals surface area (Å²) in [6, 6.07) is 0. The van der Waals surface area contributed by atoms with Gasteiger partial charge < -0.3 is 10.4 Å². The number of nitrogens with one attached hydrogen (secondary N) is 1. The van der Waals surface area contributed by atoms with Crippen molar-refractivity contribution >= 4 is 5.97 Å². The van der Waals surface area contributed by atoms with Gasteiger partial charge in [-0.15, -0.1) is 0 Å². The molecule has 0 amide bonds. The van der Waals surface area contributed by atoms with Crippen molar-refractivity contribution in [1.82, 2.24) is 5.32 Å². The molecule has 0 aromatic carbocycles. The van der Waals surface area contributed by atoms with Crippen LogP contribution in [0.1, 0.15) is 32.1 Å². The fourth-order valence-corrected chi connectivity index (χ4v) is 1.76. The molecule has 1 aliphatic rings. The predicted octanol–water partition coefficient (Wildman–Crippen LogP) is 1.75. The van der Waals surface area contributed by atoms with E-state index in [9.17, 15) is 4.79 Å². The van der Waals surface area contributed by atoms with Gasteiger partial charge in [0.15, 0.2) is 0 Å². The van der Waals surface area contributed by atoms with Gasteiger partial charge in [-0.1, -0.05) is 19.3 Å². The number of carbonyl (C=O) groups is 1. The molecule has 1 saturated carbocycles. The minimum atomic E-state index is -0.892. The van der Waals surface area contributed by atoms with Gasteiger partial charge in [0.05, 0.1) is 0 Å². The number of aliphatic carboxylic acids is 1. The molecule has 1 aliphatic carbocycles. The van der Waals surface area contributed by atoms with Crippen LogP contribution in [-0.2, 0) is 4.79 Å². The van der Waals surface area contributed by atoms with Crippen molar-refractivity contribution in [3.63, 3.8) is 0 Å². The number of carboxylic acids is 1. The maximum atomic E-state index is 10.1. The summed E-state index contributed by atoms with van der Waals surface area (Å²) in [6.07, 6.45) is 9.26. The van der Waals surface area contributed by atoms with E-state index in [1.807, 2.05) is 0 Å². The number of hydrogen-bond acceptors (Lipinski definition) is 2. The van der Waals surface area contributed by atoms with E-state index >= 15 is 0 Å². The lowest BCUT2D eigenvalue weighted by atomic mass is 9.89. The summed E-state index contributed by atoms with van der Waals surface area (Å²) in [4.78, 5) is 10.1. The van der Waals surface area contributed by atoms with Crippen LogP contribution in [0, 0.1) is 5.92 Å². The molecule has 3 heteroatoms. The third kappa shape index (κ3) is 4.55. The standard InChI is InChI=1S/C10H17NO2/c12-10(13)6-7-11-8-9-4-2-1-3-5-9/h6-7,9,11H,1-5,8H2,(H,12,13)/b7-6+. The van der Waals surface area contributed by atoms with Gasteiger partial charge in [0.2, 0.25) is 0 Å². The molecule has 3 nitrogen and oxygen atoms in total. The Kier molecular flexibility index (Phi) is 4.36. The van der Waals surface area contributed by atoms with E-state index in [1.54, 1.807) is 0 Å². The van der Waals surface area contributed by atoms with Gasteiger partial charge in [-0.25, -0.2) is 4.79 Å². The van der Waals surface area contributed by atoms with Crippen molar-refractivity contribution in [3.8, 4) is 0 Å². The summed E-state index contributed by atoms with van der Waals surface area (Å²) < 4.78 is 0. The van der Waals surface area contributed by atoms with Gasteiger partial charge in [0.1, 0.15) is 0 Å². The second-order valence-corrected chi connectivity index (χ2v) is 3.58. The zero-order valence-corrected chi connectivity index (χ0v) is 7.83. The molecule has 13 heavy (non-hydrogen) atoms. The first-order chi connectivity index (χ1) is 6.29. The van der Waals surface area contributed by atoms with Crippen LogP contribution >= 0.6 is 0 Å². The van der Waals surface area contributed by atoms with E-state index in [0.29, 0.717) is 0 Å². The molecule has 0 spiro atoms. The second-order valence-electron chi connectivity index (χ2n) is 3.58. The Balaban J connectivity index is 2.07. The molecule has 0 saturated heterocycles. The monoisotopic (exact) mass is 183 g/mol. The fraction of sp³-hybridized carbons (Fsp3) is 0.700. The molecule has 74 valence electrons. The highest BCUT2D eigenvalue weighted by molar-refractivity contribution is 5.79. The zero-order valence-electron chi connectivity index (χ0n) is 7.83. The smallest absolute Gasteiger partial charge is 0.329 e. The van der Waals surface area contributed by atoms with Gasteiger partial charge in [0, 0.05) is 18.8 Å². The molecule has 0 radical (unpaired) electrons. The van der Waals surface area contributed by atoms with E-state index in [2.05, 4.69) is 5.32 Å². The molecule has 1 fully saturated rings. The SMILES string of the molecule is O=C(O)/C=C/NCC1CCCCC1. The summed E-state index contributed by atoms with van der Waals surface area (Å²) in [5.41, 5.74) is 0. The Morgan fingerprint density at radius 1 is 1.38 bits per heavy atom. The normalized spacial score (nSPS) is 19.1. The molecule has 0 heterocycles. The summed E-state index contributed by atoms with van der Waals surface area (Å²) >= 11 is 0. The Morgan fingerprint density at radius 2 is 2.08 bits per heavy atom. The van der Waals surface area contributed by atoms with Gasteiger partial charge >= 0.3 is 5.97 Å². The molecule has 1 rings (SSSR count). The second kappa shape index (κ2) is 5.62. The van der Waals surface area contributed by atoms with E-state index in [0.717, 1.165) is 18.5 Å². The molecule has 0 aliphatic heterocycles. The molecular weight excluding hydrogens is 166 g/mol. The first-order valence-corrected chi connectivity index (χ1v) is 4.92. The van der Waals surface area contributed by atoms with E-state index in [1.165, 1.54) is 38.3 Å². The molecular formula is C10H17NO2. The van der Waals surface area contributed by atoms with Crippen LogP contribution in [0.2, 0.25) is 0 Å². The number of rotatable bonds is 4. The van der Waals surface area contributed by atoms with Crippen molar-refractivity contribution < 1.29 is 9.90 Å². The average molecular weight is 183 g/mol.